The largest absolute Gasteiger partial charge is 0.494 e. The van der Waals surface area contributed by atoms with Crippen LogP contribution in [0, 0.1) is 0 Å². The lowest BCUT2D eigenvalue weighted by Crippen LogP contribution is -2.27. The molecule has 0 unspecified atom stereocenters. The Bertz CT molecular complexity index is 964. The van der Waals surface area contributed by atoms with Crippen LogP contribution >= 0.6 is 12.8 Å². The van der Waals surface area contributed by atoms with E-state index in [1.807, 2.05) is 42.5 Å². The topological polar surface area (TPSA) is 64.8 Å². The number of rotatable bonds is 12. The molecule has 3 rings (SSSR count). The van der Waals surface area contributed by atoms with Gasteiger partial charge in [-0.15, -0.1) is 0 Å². The van der Waals surface area contributed by atoms with Gasteiger partial charge in [-0.1, -0.05) is 80.6 Å². The number of hydrogen-bond acceptors (Lipinski definition) is 4. The van der Waals surface area contributed by atoms with Crippen molar-refractivity contribution in [2.45, 2.75) is 32.1 Å². The molecule has 0 saturated carbocycles. The Labute approximate surface area is 195 Å². The lowest BCUT2D eigenvalue weighted by molar-refractivity contribution is 0.257. The predicted molar refractivity (Wildman–Crippen MR) is 133 cm³/mol. The number of anilines is 1. The van der Waals surface area contributed by atoms with Crippen molar-refractivity contribution in [2.24, 2.45) is 5.73 Å². The smallest absolute Gasteiger partial charge is 0.329 e. The van der Waals surface area contributed by atoms with Gasteiger partial charge in [0.25, 0.3) is 0 Å². The summed E-state index contributed by atoms with van der Waals surface area (Å²) in [5.41, 5.74) is 8.23. The molecule has 0 bridgehead atoms. The minimum absolute atomic E-state index is 0.591. The number of ether oxygens (including phenoxy) is 2. The zero-order valence-electron chi connectivity index (χ0n) is 18.2. The summed E-state index contributed by atoms with van der Waals surface area (Å²) in [4.78, 5) is 11.2. The molecular weight excluding hydrogens is 420 g/mol. The standard InChI is InChI=1S/C26H30N2O3S/c27-26(29)28(32)23-12-9-13-25(20-23)31-19-8-3-1-2-7-18-30-24-16-14-22(15-17-24)21-10-5-4-6-11-21/h4-6,9-17,20,32H,1-3,7-8,18-19H2,(H2,27,29). The molecule has 0 aliphatic heterocycles. The highest BCUT2D eigenvalue weighted by Gasteiger charge is 2.08. The van der Waals surface area contributed by atoms with Gasteiger partial charge in [0.2, 0.25) is 0 Å². The minimum Gasteiger partial charge on any atom is -0.494 e. The highest BCUT2D eigenvalue weighted by atomic mass is 32.1. The van der Waals surface area contributed by atoms with Crippen LogP contribution in [-0.4, -0.2) is 19.2 Å². The molecule has 0 heterocycles. The van der Waals surface area contributed by atoms with Gasteiger partial charge in [-0.05, 0) is 48.2 Å². The van der Waals surface area contributed by atoms with Crippen molar-refractivity contribution in [3.63, 3.8) is 0 Å². The molecule has 0 radical (unpaired) electrons. The van der Waals surface area contributed by atoms with Gasteiger partial charge in [-0.3, -0.25) is 0 Å². The quantitative estimate of drug-likeness (QED) is 0.245. The Hall–Kier alpha value is -3.12. The van der Waals surface area contributed by atoms with Crippen LogP contribution in [-0.2, 0) is 0 Å². The van der Waals surface area contributed by atoms with E-state index in [4.69, 9.17) is 15.2 Å². The number of nitrogens with two attached hydrogens (primary N) is 1. The van der Waals surface area contributed by atoms with Gasteiger partial charge in [-0.2, -0.15) is 0 Å². The fourth-order valence-electron chi connectivity index (χ4n) is 3.32. The fourth-order valence-corrected chi connectivity index (χ4v) is 3.45. The first-order chi connectivity index (χ1) is 15.6. The second kappa shape index (κ2) is 12.7. The van der Waals surface area contributed by atoms with E-state index < -0.39 is 6.03 Å². The van der Waals surface area contributed by atoms with Crippen LogP contribution in [0.5, 0.6) is 11.5 Å². The van der Waals surface area contributed by atoms with Crippen LogP contribution in [0.1, 0.15) is 32.1 Å². The van der Waals surface area contributed by atoms with Gasteiger partial charge in [-0.25, -0.2) is 9.10 Å². The Morgan fingerprint density at radius 3 is 1.97 bits per heavy atom. The first-order valence-corrected chi connectivity index (χ1v) is 11.3. The normalized spacial score (nSPS) is 10.5. The van der Waals surface area contributed by atoms with Crippen molar-refractivity contribution >= 4 is 24.5 Å². The summed E-state index contributed by atoms with van der Waals surface area (Å²) in [5.74, 6) is 1.62. The van der Waals surface area contributed by atoms with E-state index >= 15 is 0 Å². The molecule has 0 spiro atoms. The van der Waals surface area contributed by atoms with Crippen LogP contribution in [0.25, 0.3) is 11.1 Å². The molecule has 0 aliphatic carbocycles. The van der Waals surface area contributed by atoms with Crippen LogP contribution in [0.2, 0.25) is 0 Å². The molecular formula is C26H30N2O3S. The molecule has 0 aromatic heterocycles. The maximum absolute atomic E-state index is 11.2. The monoisotopic (exact) mass is 450 g/mol. The maximum Gasteiger partial charge on any atom is 0.329 e. The number of amides is 2. The lowest BCUT2D eigenvalue weighted by Gasteiger charge is -2.14. The summed E-state index contributed by atoms with van der Waals surface area (Å²) in [6.07, 6.45) is 5.39. The second-order valence-corrected chi connectivity index (χ2v) is 7.90. The van der Waals surface area contributed by atoms with Crippen LogP contribution in [0.4, 0.5) is 10.5 Å². The van der Waals surface area contributed by atoms with E-state index in [0.717, 1.165) is 48.8 Å². The summed E-state index contributed by atoms with van der Waals surface area (Å²) in [5, 5.41) is 0. The zero-order valence-corrected chi connectivity index (χ0v) is 19.0. The van der Waals surface area contributed by atoms with Gasteiger partial charge >= 0.3 is 6.03 Å². The third-order valence-electron chi connectivity index (χ3n) is 5.06. The van der Waals surface area contributed by atoms with E-state index in [1.165, 1.54) is 11.1 Å². The molecule has 0 saturated heterocycles. The molecule has 3 aromatic rings. The summed E-state index contributed by atoms with van der Waals surface area (Å²) >= 11 is 4.06. The molecule has 32 heavy (non-hydrogen) atoms. The number of hydrogen-bond donors (Lipinski definition) is 2. The average molecular weight is 451 g/mol. The summed E-state index contributed by atoms with van der Waals surface area (Å²) in [6.45, 7) is 1.37. The van der Waals surface area contributed by atoms with E-state index in [2.05, 4.69) is 37.1 Å². The Morgan fingerprint density at radius 1 is 0.719 bits per heavy atom. The van der Waals surface area contributed by atoms with E-state index in [1.54, 1.807) is 12.1 Å². The van der Waals surface area contributed by atoms with Crippen LogP contribution in [0.3, 0.4) is 0 Å². The average Bonchev–Trinajstić information content (AvgIpc) is 2.83. The van der Waals surface area contributed by atoms with Gasteiger partial charge < -0.3 is 15.2 Å². The van der Waals surface area contributed by atoms with Crippen molar-refractivity contribution in [2.75, 3.05) is 17.5 Å². The molecule has 2 N–H and O–H groups in total. The maximum atomic E-state index is 11.2. The number of thiol groups is 1. The highest BCUT2D eigenvalue weighted by molar-refractivity contribution is 7.82. The lowest BCUT2D eigenvalue weighted by atomic mass is 10.1. The van der Waals surface area contributed by atoms with Crippen molar-refractivity contribution in [3.8, 4) is 22.6 Å². The molecule has 3 aromatic carbocycles. The van der Waals surface area contributed by atoms with E-state index in [0.29, 0.717) is 18.0 Å². The third-order valence-corrected chi connectivity index (χ3v) is 5.49. The molecule has 0 fully saturated rings. The van der Waals surface area contributed by atoms with Crippen molar-refractivity contribution in [3.05, 3.63) is 78.9 Å². The van der Waals surface area contributed by atoms with Crippen LogP contribution in [0.15, 0.2) is 78.9 Å². The number of urea groups is 1. The van der Waals surface area contributed by atoms with Crippen molar-refractivity contribution in [1.82, 2.24) is 0 Å². The number of carbonyl (C=O) groups is 1. The Balaban J connectivity index is 1.25. The molecule has 0 aliphatic rings. The number of carbonyl (C=O) groups excluding carboxylic acids is 1. The Morgan fingerprint density at radius 2 is 1.31 bits per heavy atom. The first-order valence-electron chi connectivity index (χ1n) is 10.9. The van der Waals surface area contributed by atoms with E-state index in [9.17, 15) is 4.79 Å². The summed E-state index contributed by atoms with van der Waals surface area (Å²) < 4.78 is 12.7. The zero-order chi connectivity index (χ0) is 22.6. The number of unbranched alkanes of at least 4 members (excludes halogenated alkanes) is 4. The molecule has 2 amide bonds. The molecule has 168 valence electrons. The summed E-state index contributed by atoms with van der Waals surface area (Å²) in [7, 11) is 0. The SMILES string of the molecule is NC(=O)N(S)c1cccc(OCCCCCCCOc2ccc(-c3ccccc3)cc2)c1. The molecule has 0 atom stereocenters. The van der Waals surface area contributed by atoms with Gasteiger partial charge in [0.05, 0.1) is 18.9 Å². The minimum atomic E-state index is -0.626. The van der Waals surface area contributed by atoms with Gasteiger partial charge in [0, 0.05) is 6.07 Å². The predicted octanol–water partition coefficient (Wildman–Crippen LogP) is 6.49. The Kier molecular flexibility index (Phi) is 9.32. The number of nitrogens with zero attached hydrogens (tertiary/aromatic N) is 1. The van der Waals surface area contributed by atoms with Gasteiger partial charge in [0.1, 0.15) is 11.5 Å². The molecule has 6 heteroatoms. The summed E-state index contributed by atoms with van der Waals surface area (Å²) in [6, 6.07) is 25.1. The van der Waals surface area contributed by atoms with Gasteiger partial charge in [0.15, 0.2) is 0 Å². The van der Waals surface area contributed by atoms with E-state index in [-0.39, 0.29) is 0 Å². The van der Waals surface area contributed by atoms with Crippen LogP contribution < -0.4 is 19.5 Å². The second-order valence-electron chi connectivity index (χ2n) is 7.50. The highest BCUT2D eigenvalue weighted by Crippen LogP contribution is 2.23. The molecule has 5 nitrogen and oxygen atoms in total. The first kappa shape index (κ1) is 23.5. The number of primary amides is 1. The number of benzene rings is 3. The van der Waals surface area contributed by atoms with Crippen molar-refractivity contribution < 1.29 is 14.3 Å². The third kappa shape index (κ3) is 7.54. The van der Waals surface area contributed by atoms with Crippen molar-refractivity contribution in [1.29, 1.82) is 0 Å². The fraction of sp³-hybridized carbons (Fsp3) is 0.269.